The summed E-state index contributed by atoms with van der Waals surface area (Å²) in [6.07, 6.45) is 3.94. The first-order chi connectivity index (χ1) is 5.81. The van der Waals surface area contributed by atoms with Gasteiger partial charge in [-0.15, -0.1) is 0 Å². The van der Waals surface area contributed by atoms with Gasteiger partial charge in [0.2, 0.25) is 0 Å². The average molecular weight is 186 g/mol. The maximum absolute atomic E-state index is 8.27. The lowest BCUT2D eigenvalue weighted by molar-refractivity contribution is 0.723. The number of nitrogens with zero attached hydrogens (tertiary/aromatic N) is 1. The topological polar surface area (TPSA) is 49.8 Å². The molecule has 70 valence electrons. The van der Waals surface area contributed by atoms with E-state index in [9.17, 15) is 0 Å². The molecule has 0 heterocycles. The van der Waals surface area contributed by atoms with E-state index < -0.39 is 0 Å². The van der Waals surface area contributed by atoms with Crippen LogP contribution in [0.5, 0.6) is 0 Å². The van der Waals surface area contributed by atoms with Crippen molar-refractivity contribution in [3.8, 4) is 6.07 Å². The van der Waals surface area contributed by atoms with Crippen LogP contribution in [-0.2, 0) is 0 Å². The lowest BCUT2D eigenvalue weighted by atomic mass is 10.3. The second-order valence-electron chi connectivity index (χ2n) is 2.86. The summed E-state index contributed by atoms with van der Waals surface area (Å²) >= 11 is 1.90. The summed E-state index contributed by atoms with van der Waals surface area (Å²) < 4.78 is 0. The van der Waals surface area contributed by atoms with Crippen molar-refractivity contribution in [1.29, 1.82) is 5.26 Å². The van der Waals surface area contributed by atoms with Crippen LogP contribution in [0, 0.1) is 11.3 Å². The third-order valence-electron chi connectivity index (χ3n) is 1.68. The van der Waals surface area contributed by atoms with E-state index in [1.54, 1.807) is 0 Å². The van der Waals surface area contributed by atoms with Gasteiger partial charge in [-0.25, -0.2) is 0 Å². The van der Waals surface area contributed by atoms with E-state index in [-0.39, 0.29) is 0 Å². The lowest BCUT2D eigenvalue weighted by Crippen LogP contribution is -2.21. The van der Waals surface area contributed by atoms with Gasteiger partial charge in [0.15, 0.2) is 0 Å². The van der Waals surface area contributed by atoms with Crippen molar-refractivity contribution in [2.75, 3.05) is 11.5 Å². The van der Waals surface area contributed by atoms with E-state index in [2.05, 4.69) is 13.0 Å². The Hall–Kier alpha value is -0.200. The zero-order chi connectivity index (χ0) is 9.23. The van der Waals surface area contributed by atoms with Crippen LogP contribution < -0.4 is 5.73 Å². The van der Waals surface area contributed by atoms with Crippen LogP contribution in [0.1, 0.15) is 32.6 Å². The first-order valence-corrected chi connectivity index (χ1v) is 5.67. The highest BCUT2D eigenvalue weighted by atomic mass is 32.2. The van der Waals surface area contributed by atoms with Crippen LogP contribution in [0.4, 0.5) is 0 Å². The SMILES string of the molecule is CCC(N)CSCCCCC#N. The Kier molecular flexibility index (Phi) is 8.74. The van der Waals surface area contributed by atoms with Crippen LogP contribution in [-0.4, -0.2) is 17.5 Å². The maximum Gasteiger partial charge on any atom is 0.0621 e. The molecule has 2 nitrogen and oxygen atoms in total. The zero-order valence-corrected chi connectivity index (χ0v) is 8.57. The summed E-state index contributed by atoms with van der Waals surface area (Å²) in [7, 11) is 0. The molecule has 0 aliphatic carbocycles. The Labute approximate surface area is 79.5 Å². The second kappa shape index (κ2) is 8.89. The van der Waals surface area contributed by atoms with Gasteiger partial charge in [0.1, 0.15) is 0 Å². The summed E-state index contributed by atoms with van der Waals surface area (Å²) in [6.45, 7) is 2.11. The smallest absolute Gasteiger partial charge is 0.0621 e. The van der Waals surface area contributed by atoms with E-state index in [0.717, 1.165) is 30.8 Å². The number of nitrogens with two attached hydrogens (primary N) is 1. The van der Waals surface area contributed by atoms with Gasteiger partial charge in [0.25, 0.3) is 0 Å². The minimum absolute atomic E-state index is 0.353. The van der Waals surface area contributed by atoms with E-state index in [1.807, 2.05) is 11.8 Å². The molecular formula is C9H18N2S. The maximum atomic E-state index is 8.27. The highest BCUT2D eigenvalue weighted by Crippen LogP contribution is 2.07. The Balaban J connectivity index is 2.96. The normalized spacial score (nSPS) is 12.4. The molecule has 0 saturated carbocycles. The molecule has 0 saturated heterocycles. The molecule has 2 N–H and O–H groups in total. The third-order valence-corrected chi connectivity index (χ3v) is 2.92. The first kappa shape index (κ1) is 11.8. The van der Waals surface area contributed by atoms with Crippen molar-refractivity contribution in [2.24, 2.45) is 5.73 Å². The molecule has 0 aromatic rings. The van der Waals surface area contributed by atoms with Crippen LogP contribution >= 0.6 is 11.8 Å². The minimum Gasteiger partial charge on any atom is -0.327 e. The quantitative estimate of drug-likeness (QED) is 0.620. The van der Waals surface area contributed by atoms with Crippen LogP contribution in [0.2, 0.25) is 0 Å². The fourth-order valence-electron chi connectivity index (χ4n) is 0.761. The molecule has 0 bridgehead atoms. The average Bonchev–Trinajstić information content (AvgIpc) is 2.10. The molecule has 0 amide bonds. The number of nitriles is 1. The van der Waals surface area contributed by atoms with Crippen molar-refractivity contribution >= 4 is 11.8 Å². The summed E-state index contributed by atoms with van der Waals surface area (Å²) in [4.78, 5) is 0. The Morgan fingerprint density at radius 3 is 2.83 bits per heavy atom. The predicted octanol–water partition coefficient (Wildman–Crippen LogP) is 2.15. The number of hydrogen-bond acceptors (Lipinski definition) is 3. The largest absolute Gasteiger partial charge is 0.327 e. The minimum atomic E-state index is 0.353. The number of hydrogen-bond donors (Lipinski definition) is 1. The fourth-order valence-corrected chi connectivity index (χ4v) is 1.87. The standard InChI is InChI=1S/C9H18N2S/c1-2-9(11)8-12-7-5-3-4-6-10/h9H,2-5,7-8,11H2,1H3. The van der Waals surface area contributed by atoms with Gasteiger partial charge in [-0.1, -0.05) is 6.92 Å². The van der Waals surface area contributed by atoms with Crippen molar-refractivity contribution in [3.63, 3.8) is 0 Å². The van der Waals surface area contributed by atoms with Gasteiger partial charge in [-0.3, -0.25) is 0 Å². The summed E-state index contributed by atoms with van der Waals surface area (Å²) in [6, 6.07) is 2.50. The van der Waals surface area contributed by atoms with Crippen LogP contribution in [0.25, 0.3) is 0 Å². The molecule has 0 radical (unpaired) electrons. The molecule has 0 spiro atoms. The van der Waals surface area contributed by atoms with Gasteiger partial charge >= 0.3 is 0 Å². The van der Waals surface area contributed by atoms with Crippen molar-refractivity contribution in [3.05, 3.63) is 0 Å². The molecule has 0 aromatic carbocycles. The van der Waals surface area contributed by atoms with Gasteiger partial charge in [0.05, 0.1) is 6.07 Å². The number of rotatable bonds is 7. The monoisotopic (exact) mass is 186 g/mol. The van der Waals surface area contributed by atoms with Gasteiger partial charge in [0, 0.05) is 18.2 Å². The van der Waals surface area contributed by atoms with E-state index in [0.29, 0.717) is 12.5 Å². The van der Waals surface area contributed by atoms with Crippen molar-refractivity contribution in [1.82, 2.24) is 0 Å². The van der Waals surface area contributed by atoms with Gasteiger partial charge < -0.3 is 5.73 Å². The van der Waals surface area contributed by atoms with Crippen LogP contribution in [0.15, 0.2) is 0 Å². The van der Waals surface area contributed by atoms with Gasteiger partial charge in [-0.05, 0) is 25.0 Å². The Bertz CT molecular complexity index is 131. The Morgan fingerprint density at radius 2 is 2.25 bits per heavy atom. The van der Waals surface area contributed by atoms with E-state index in [4.69, 9.17) is 11.0 Å². The highest BCUT2D eigenvalue weighted by molar-refractivity contribution is 7.99. The Morgan fingerprint density at radius 1 is 1.50 bits per heavy atom. The molecule has 0 aliphatic heterocycles. The predicted molar refractivity (Wildman–Crippen MR) is 55.1 cm³/mol. The fraction of sp³-hybridized carbons (Fsp3) is 0.889. The zero-order valence-electron chi connectivity index (χ0n) is 7.75. The molecule has 1 unspecified atom stereocenters. The number of thioether (sulfide) groups is 1. The molecule has 0 aromatic heterocycles. The lowest BCUT2D eigenvalue weighted by Gasteiger charge is -2.06. The molecule has 0 rings (SSSR count). The van der Waals surface area contributed by atoms with Crippen LogP contribution in [0.3, 0.4) is 0 Å². The first-order valence-electron chi connectivity index (χ1n) is 4.51. The molecule has 3 heteroatoms. The summed E-state index contributed by atoms with van der Waals surface area (Å²) in [5, 5.41) is 8.27. The molecule has 0 fully saturated rings. The second-order valence-corrected chi connectivity index (χ2v) is 4.01. The van der Waals surface area contributed by atoms with E-state index in [1.165, 1.54) is 0 Å². The molecule has 1 atom stereocenters. The molecule has 12 heavy (non-hydrogen) atoms. The molecular weight excluding hydrogens is 168 g/mol. The molecule has 0 aliphatic rings. The third kappa shape index (κ3) is 7.90. The van der Waals surface area contributed by atoms with E-state index >= 15 is 0 Å². The summed E-state index contributed by atoms with van der Waals surface area (Å²) in [5.41, 5.74) is 5.74. The van der Waals surface area contributed by atoms with Crippen molar-refractivity contribution < 1.29 is 0 Å². The number of unbranched alkanes of at least 4 members (excludes halogenated alkanes) is 2. The van der Waals surface area contributed by atoms with Crippen molar-refractivity contribution in [2.45, 2.75) is 38.6 Å². The highest BCUT2D eigenvalue weighted by Gasteiger charge is 1.97. The summed E-state index contributed by atoms with van der Waals surface area (Å²) in [5.74, 6) is 2.21. The van der Waals surface area contributed by atoms with Gasteiger partial charge in [-0.2, -0.15) is 17.0 Å².